The minimum Gasteiger partial charge on any atom is -1.00 e. The fourth-order valence-electron chi connectivity index (χ4n) is 2.66. The molecular formula is C19H25BrIN3O. The minimum absolute atomic E-state index is 0. The smallest absolute Gasteiger partial charge is 0.323 e. The first kappa shape index (κ1) is 21.9. The van der Waals surface area contributed by atoms with E-state index in [1.54, 1.807) is 0 Å². The third kappa shape index (κ3) is 5.18. The number of halogens is 2. The number of carbonyl (C=O) groups excluding carboxylic acids is 1. The van der Waals surface area contributed by atoms with Crippen LogP contribution in [0.25, 0.3) is 0 Å². The molecule has 2 aromatic carbocycles. The number of urea groups is 1. The normalized spacial score (nSPS) is 10.8. The molecule has 4 nitrogen and oxygen atoms in total. The van der Waals surface area contributed by atoms with Crippen molar-refractivity contribution in [2.24, 2.45) is 0 Å². The Bertz CT molecular complexity index is 732. The van der Waals surface area contributed by atoms with Crippen LogP contribution >= 0.6 is 15.9 Å². The SMILES string of the molecule is CC[N+](C)(CC)c1cccc(C)c1NC(=O)Nc1ccccc1Br.[I-]. The van der Waals surface area contributed by atoms with Crippen molar-refractivity contribution in [1.82, 2.24) is 4.48 Å². The molecule has 0 unspecified atom stereocenters. The summed E-state index contributed by atoms with van der Waals surface area (Å²) in [4.78, 5) is 12.5. The van der Waals surface area contributed by atoms with Gasteiger partial charge in [0, 0.05) is 10.5 Å². The molecule has 2 N–H and O–H groups in total. The zero-order valence-corrected chi connectivity index (χ0v) is 18.8. The average Bonchev–Trinajstić information content (AvgIpc) is 2.58. The fraction of sp³-hybridized carbons (Fsp3) is 0.316. The first-order valence-corrected chi connectivity index (χ1v) is 8.97. The van der Waals surface area contributed by atoms with E-state index >= 15 is 0 Å². The summed E-state index contributed by atoms with van der Waals surface area (Å²) < 4.78 is 1.62. The highest BCUT2D eigenvalue weighted by Gasteiger charge is 2.26. The molecule has 0 radical (unpaired) electrons. The Hall–Kier alpha value is -1.12. The van der Waals surface area contributed by atoms with Crippen LogP contribution < -0.4 is 39.1 Å². The van der Waals surface area contributed by atoms with Gasteiger partial charge in [0.2, 0.25) is 0 Å². The van der Waals surface area contributed by atoms with Gasteiger partial charge >= 0.3 is 6.03 Å². The van der Waals surface area contributed by atoms with Gasteiger partial charge in [-0.05, 0) is 54.4 Å². The maximum atomic E-state index is 12.5. The van der Waals surface area contributed by atoms with Crippen molar-refractivity contribution in [3.8, 4) is 0 Å². The molecule has 0 heterocycles. The highest BCUT2D eigenvalue weighted by Crippen LogP contribution is 2.33. The van der Waals surface area contributed by atoms with Gasteiger partial charge in [0.25, 0.3) is 0 Å². The Morgan fingerprint density at radius 2 is 1.68 bits per heavy atom. The number of carbonyl (C=O) groups is 1. The number of quaternary nitrogens is 1. The molecule has 0 bridgehead atoms. The summed E-state index contributed by atoms with van der Waals surface area (Å²) >= 11 is 3.45. The lowest BCUT2D eigenvalue weighted by Gasteiger charge is -2.33. The predicted molar refractivity (Wildman–Crippen MR) is 107 cm³/mol. The van der Waals surface area contributed by atoms with Crippen molar-refractivity contribution < 1.29 is 28.8 Å². The molecule has 0 saturated carbocycles. The summed E-state index contributed by atoms with van der Waals surface area (Å²) in [7, 11) is 2.19. The summed E-state index contributed by atoms with van der Waals surface area (Å²) in [5.74, 6) is 0. The zero-order valence-electron chi connectivity index (χ0n) is 15.1. The van der Waals surface area contributed by atoms with Crippen LogP contribution in [0.4, 0.5) is 21.9 Å². The number of aryl methyl sites for hydroxylation is 1. The molecule has 0 aliphatic carbocycles. The molecular weight excluding hydrogens is 493 g/mol. The van der Waals surface area contributed by atoms with Crippen LogP contribution in [-0.2, 0) is 0 Å². The van der Waals surface area contributed by atoms with Crippen molar-refractivity contribution in [3.05, 3.63) is 52.5 Å². The molecule has 6 heteroatoms. The summed E-state index contributed by atoms with van der Waals surface area (Å²) in [5, 5.41) is 5.94. The largest absolute Gasteiger partial charge is 1.00 e. The van der Waals surface area contributed by atoms with Crippen LogP contribution in [0.1, 0.15) is 19.4 Å². The highest BCUT2D eigenvalue weighted by molar-refractivity contribution is 9.10. The molecule has 2 rings (SSSR count). The van der Waals surface area contributed by atoms with Gasteiger partial charge in [-0.1, -0.05) is 24.3 Å². The fourth-order valence-corrected chi connectivity index (χ4v) is 3.04. The highest BCUT2D eigenvalue weighted by atomic mass is 127. The van der Waals surface area contributed by atoms with Crippen LogP contribution in [-0.4, -0.2) is 26.2 Å². The molecule has 0 spiro atoms. The topological polar surface area (TPSA) is 41.1 Å². The third-order valence-electron chi connectivity index (χ3n) is 4.59. The lowest BCUT2D eigenvalue weighted by atomic mass is 10.1. The van der Waals surface area contributed by atoms with E-state index in [1.807, 2.05) is 43.3 Å². The number of hydrogen-bond acceptors (Lipinski definition) is 1. The van der Waals surface area contributed by atoms with Crippen molar-refractivity contribution in [3.63, 3.8) is 0 Å². The zero-order chi connectivity index (χ0) is 17.7. The van der Waals surface area contributed by atoms with Gasteiger partial charge in [-0.3, -0.25) is 4.48 Å². The number of nitrogens with one attached hydrogen (secondary N) is 2. The number of amides is 2. The van der Waals surface area contributed by atoms with Gasteiger partial charge < -0.3 is 34.6 Å². The molecule has 136 valence electrons. The number of anilines is 2. The quantitative estimate of drug-likeness (QED) is 0.464. The monoisotopic (exact) mass is 517 g/mol. The molecule has 0 atom stereocenters. The summed E-state index contributed by atoms with van der Waals surface area (Å²) in [6, 6.07) is 13.5. The van der Waals surface area contributed by atoms with Crippen molar-refractivity contribution in [2.45, 2.75) is 20.8 Å². The number of nitrogens with zero attached hydrogens (tertiary/aromatic N) is 1. The van der Waals surface area contributed by atoms with E-state index in [-0.39, 0.29) is 30.0 Å². The lowest BCUT2D eigenvalue weighted by molar-refractivity contribution is -0.00000787. The number of benzene rings is 2. The first-order chi connectivity index (χ1) is 11.4. The van der Waals surface area contributed by atoms with Gasteiger partial charge in [-0.25, -0.2) is 4.79 Å². The van der Waals surface area contributed by atoms with E-state index in [0.717, 1.165) is 44.7 Å². The molecule has 0 aliphatic rings. The van der Waals surface area contributed by atoms with Crippen molar-refractivity contribution in [1.29, 1.82) is 0 Å². The second-order valence-electron chi connectivity index (χ2n) is 6.06. The van der Waals surface area contributed by atoms with E-state index in [1.165, 1.54) is 0 Å². The Kier molecular flexibility index (Phi) is 8.37. The van der Waals surface area contributed by atoms with Crippen LogP contribution in [0.5, 0.6) is 0 Å². The van der Waals surface area contributed by atoms with Gasteiger partial charge in [-0.2, -0.15) is 0 Å². The van der Waals surface area contributed by atoms with E-state index in [9.17, 15) is 4.79 Å². The Morgan fingerprint density at radius 3 is 2.28 bits per heavy atom. The second kappa shape index (κ2) is 9.54. The van der Waals surface area contributed by atoms with Crippen molar-refractivity contribution in [2.75, 3.05) is 30.8 Å². The molecule has 0 saturated heterocycles. The van der Waals surface area contributed by atoms with Gasteiger partial charge in [0.1, 0.15) is 5.69 Å². The number of hydrogen-bond donors (Lipinski definition) is 2. The maximum Gasteiger partial charge on any atom is 0.323 e. The molecule has 0 aliphatic heterocycles. The van der Waals surface area contributed by atoms with E-state index in [0.29, 0.717) is 0 Å². The van der Waals surface area contributed by atoms with Crippen LogP contribution in [0.3, 0.4) is 0 Å². The van der Waals surface area contributed by atoms with Crippen LogP contribution in [0.15, 0.2) is 46.9 Å². The molecule has 2 amide bonds. The predicted octanol–water partition coefficient (Wildman–Crippen LogP) is 2.38. The lowest BCUT2D eigenvalue weighted by Crippen LogP contribution is -3.00. The standard InChI is InChI=1S/C19H24BrN3O.HI/c1-5-23(4,6-2)17-13-9-10-14(3)18(17)22-19(24)21-16-12-8-7-11-15(16)20;/h7-13H,5-6H2,1-4H3,(H-,21,22,24);1H. The average molecular weight is 518 g/mol. The van der Waals surface area contributed by atoms with Gasteiger partial charge in [-0.15, -0.1) is 0 Å². The van der Waals surface area contributed by atoms with Gasteiger partial charge in [0.15, 0.2) is 5.69 Å². The Balaban J connectivity index is 0.00000312. The molecule has 0 aromatic heterocycles. The second-order valence-corrected chi connectivity index (χ2v) is 6.91. The summed E-state index contributed by atoms with van der Waals surface area (Å²) in [5.41, 5.74) is 3.81. The van der Waals surface area contributed by atoms with E-state index in [2.05, 4.69) is 53.5 Å². The van der Waals surface area contributed by atoms with Crippen molar-refractivity contribution >= 4 is 39.0 Å². The summed E-state index contributed by atoms with van der Waals surface area (Å²) in [6.07, 6.45) is 0. The Labute approximate surface area is 175 Å². The minimum atomic E-state index is -0.240. The number of para-hydroxylation sites is 2. The van der Waals surface area contributed by atoms with Crippen LogP contribution in [0.2, 0.25) is 0 Å². The Morgan fingerprint density at radius 1 is 1.04 bits per heavy atom. The van der Waals surface area contributed by atoms with Crippen LogP contribution in [0, 0.1) is 6.92 Å². The third-order valence-corrected chi connectivity index (χ3v) is 5.28. The van der Waals surface area contributed by atoms with E-state index in [4.69, 9.17) is 0 Å². The van der Waals surface area contributed by atoms with Gasteiger partial charge in [0.05, 0.1) is 25.8 Å². The maximum absolute atomic E-state index is 12.5. The molecule has 0 fully saturated rings. The van der Waals surface area contributed by atoms with E-state index < -0.39 is 0 Å². The number of rotatable bonds is 5. The summed E-state index contributed by atoms with van der Waals surface area (Å²) in [6.45, 7) is 8.27. The molecule has 25 heavy (non-hydrogen) atoms. The molecule has 2 aromatic rings. The first-order valence-electron chi connectivity index (χ1n) is 8.18.